The van der Waals surface area contributed by atoms with Crippen LogP contribution in [0.4, 0.5) is 5.69 Å². The summed E-state index contributed by atoms with van der Waals surface area (Å²) in [7, 11) is 0. The fraction of sp³-hybridized carbons (Fsp3) is 0.462. The molecule has 0 radical (unpaired) electrons. The van der Waals surface area contributed by atoms with Crippen molar-refractivity contribution >= 4 is 23.2 Å². The number of nitrogens with one attached hydrogen (secondary N) is 2. The summed E-state index contributed by atoms with van der Waals surface area (Å²) in [4.78, 5) is 11.2. The van der Waals surface area contributed by atoms with Crippen LogP contribution < -0.4 is 16.4 Å². The Bertz CT molecular complexity index is 509. The van der Waals surface area contributed by atoms with Crippen LogP contribution in [0.5, 0.6) is 0 Å². The Morgan fingerprint density at radius 2 is 2.06 bits per heavy atom. The summed E-state index contributed by atoms with van der Waals surface area (Å²) in [5.41, 5.74) is 8.03. The summed E-state index contributed by atoms with van der Waals surface area (Å²) < 4.78 is 0. The third-order valence-corrected chi connectivity index (χ3v) is 4.38. The van der Waals surface area contributed by atoms with Gasteiger partial charge in [0.05, 0.1) is 0 Å². The van der Waals surface area contributed by atoms with E-state index in [9.17, 15) is 4.79 Å². The first-order valence-electron chi connectivity index (χ1n) is 6.21. The van der Waals surface area contributed by atoms with E-state index in [4.69, 9.17) is 17.3 Å². The second kappa shape index (κ2) is 4.14. The molecule has 0 aromatic heterocycles. The average molecular weight is 266 g/mol. The van der Waals surface area contributed by atoms with Crippen LogP contribution in [0.25, 0.3) is 0 Å². The Labute approximate surface area is 111 Å². The van der Waals surface area contributed by atoms with E-state index < -0.39 is 5.91 Å². The highest BCUT2D eigenvalue weighted by atomic mass is 35.5. The van der Waals surface area contributed by atoms with Gasteiger partial charge in [0.2, 0.25) is 5.91 Å². The Balaban J connectivity index is 2.09. The second-order valence-corrected chi connectivity index (χ2v) is 5.54. The number of anilines is 1. The summed E-state index contributed by atoms with van der Waals surface area (Å²) in [6.45, 7) is 2.91. The lowest BCUT2D eigenvalue weighted by molar-refractivity contribution is 0.100. The van der Waals surface area contributed by atoms with Gasteiger partial charge in [0.15, 0.2) is 0 Å². The summed E-state index contributed by atoms with van der Waals surface area (Å²) in [6.07, 6.45) is 2.14. The lowest BCUT2D eigenvalue weighted by atomic mass is 9.74. The molecule has 2 aliphatic rings. The third kappa shape index (κ3) is 1.68. The molecule has 0 atom stereocenters. The standard InChI is InChI=1S/C13H16ClN3O/c14-9-5-8(12(15)18)6-10-11(9)13(7-17-10)1-3-16-4-2-13/h5-6,16-17H,1-4,7H2,(H2,15,18). The van der Waals surface area contributed by atoms with Gasteiger partial charge < -0.3 is 16.4 Å². The average Bonchev–Trinajstić information content (AvgIpc) is 2.69. The number of hydrogen-bond acceptors (Lipinski definition) is 3. The van der Waals surface area contributed by atoms with Crippen LogP contribution in [0.15, 0.2) is 12.1 Å². The molecule has 4 nitrogen and oxygen atoms in total. The number of benzene rings is 1. The molecule has 2 heterocycles. The normalized spacial score (nSPS) is 20.5. The number of nitrogens with two attached hydrogens (primary N) is 1. The number of hydrogen-bond donors (Lipinski definition) is 3. The number of rotatable bonds is 1. The molecular formula is C13H16ClN3O. The predicted octanol–water partition coefficient (Wildman–Crippen LogP) is 1.49. The molecule has 96 valence electrons. The van der Waals surface area contributed by atoms with Gasteiger partial charge >= 0.3 is 0 Å². The zero-order chi connectivity index (χ0) is 12.8. The minimum Gasteiger partial charge on any atom is -0.384 e. The molecule has 3 rings (SSSR count). The fourth-order valence-corrected chi connectivity index (χ4v) is 3.53. The van der Waals surface area contributed by atoms with Crippen LogP contribution in [0.3, 0.4) is 0 Å². The first-order valence-corrected chi connectivity index (χ1v) is 6.59. The maximum atomic E-state index is 11.2. The highest BCUT2D eigenvalue weighted by Gasteiger charge is 2.41. The number of amides is 1. The highest BCUT2D eigenvalue weighted by Crippen LogP contribution is 2.46. The van der Waals surface area contributed by atoms with E-state index in [1.807, 2.05) is 6.07 Å². The molecule has 18 heavy (non-hydrogen) atoms. The molecule has 2 aliphatic heterocycles. The van der Waals surface area contributed by atoms with Crippen LogP contribution in [0.1, 0.15) is 28.8 Å². The molecule has 4 N–H and O–H groups in total. The summed E-state index contributed by atoms with van der Waals surface area (Å²) in [5.74, 6) is -0.437. The van der Waals surface area contributed by atoms with E-state index in [1.54, 1.807) is 6.07 Å². The van der Waals surface area contributed by atoms with Gasteiger partial charge in [-0.1, -0.05) is 11.6 Å². The predicted molar refractivity (Wildman–Crippen MR) is 72.2 cm³/mol. The number of primary amides is 1. The van der Waals surface area contributed by atoms with Crippen LogP contribution in [0, 0.1) is 0 Å². The molecule has 1 aromatic carbocycles. The summed E-state index contributed by atoms with van der Waals surface area (Å²) >= 11 is 6.37. The maximum absolute atomic E-state index is 11.2. The van der Waals surface area contributed by atoms with Gasteiger partial charge in [0, 0.05) is 33.8 Å². The monoisotopic (exact) mass is 265 g/mol. The van der Waals surface area contributed by atoms with E-state index >= 15 is 0 Å². The Kier molecular flexibility index (Phi) is 2.72. The van der Waals surface area contributed by atoms with Gasteiger partial charge in [0.1, 0.15) is 0 Å². The zero-order valence-electron chi connectivity index (χ0n) is 10.1. The van der Waals surface area contributed by atoms with Crippen molar-refractivity contribution in [2.45, 2.75) is 18.3 Å². The molecule has 1 saturated heterocycles. The Morgan fingerprint density at radius 3 is 2.72 bits per heavy atom. The third-order valence-electron chi connectivity index (χ3n) is 4.08. The molecule has 0 bridgehead atoms. The molecular weight excluding hydrogens is 250 g/mol. The van der Waals surface area contributed by atoms with Crippen molar-refractivity contribution in [2.75, 3.05) is 25.0 Å². The van der Waals surface area contributed by atoms with Crippen molar-refractivity contribution in [3.63, 3.8) is 0 Å². The van der Waals surface area contributed by atoms with Crippen molar-refractivity contribution in [1.29, 1.82) is 0 Å². The number of fused-ring (bicyclic) bond motifs is 2. The van der Waals surface area contributed by atoms with Gasteiger partial charge in [0.25, 0.3) is 0 Å². The van der Waals surface area contributed by atoms with Crippen LogP contribution in [-0.4, -0.2) is 25.5 Å². The minimum absolute atomic E-state index is 0.119. The first-order chi connectivity index (χ1) is 8.62. The Hall–Kier alpha value is -1.26. The van der Waals surface area contributed by atoms with Crippen molar-refractivity contribution < 1.29 is 4.79 Å². The van der Waals surface area contributed by atoms with E-state index in [0.717, 1.165) is 43.7 Å². The number of halogens is 1. The van der Waals surface area contributed by atoms with Crippen molar-refractivity contribution in [3.05, 3.63) is 28.3 Å². The number of piperidine rings is 1. The first kappa shape index (κ1) is 11.8. The molecule has 5 heteroatoms. The molecule has 1 amide bonds. The molecule has 1 spiro atoms. The van der Waals surface area contributed by atoms with Crippen molar-refractivity contribution in [2.24, 2.45) is 5.73 Å². The summed E-state index contributed by atoms with van der Waals surface area (Å²) in [5, 5.41) is 7.41. The van der Waals surface area contributed by atoms with Crippen molar-refractivity contribution in [1.82, 2.24) is 5.32 Å². The quantitative estimate of drug-likeness (QED) is 0.721. The topological polar surface area (TPSA) is 67.2 Å². The van der Waals surface area contributed by atoms with Crippen molar-refractivity contribution in [3.8, 4) is 0 Å². The minimum atomic E-state index is -0.437. The van der Waals surface area contributed by atoms with Gasteiger partial charge in [-0.25, -0.2) is 0 Å². The van der Waals surface area contributed by atoms with E-state index in [-0.39, 0.29) is 5.41 Å². The lowest BCUT2D eigenvalue weighted by Crippen LogP contribution is -2.41. The maximum Gasteiger partial charge on any atom is 0.248 e. The van der Waals surface area contributed by atoms with E-state index in [0.29, 0.717) is 10.6 Å². The molecule has 1 fully saturated rings. The number of carbonyl (C=O) groups excluding carboxylic acids is 1. The SMILES string of the molecule is NC(=O)c1cc(Cl)c2c(c1)NCC21CCNCC1. The zero-order valence-corrected chi connectivity index (χ0v) is 10.8. The van der Waals surface area contributed by atoms with Gasteiger partial charge in [-0.3, -0.25) is 4.79 Å². The lowest BCUT2D eigenvalue weighted by Gasteiger charge is -2.34. The molecule has 0 saturated carbocycles. The largest absolute Gasteiger partial charge is 0.384 e. The van der Waals surface area contributed by atoms with E-state index in [1.165, 1.54) is 0 Å². The van der Waals surface area contributed by atoms with Crippen LogP contribution in [-0.2, 0) is 5.41 Å². The molecule has 1 aromatic rings. The summed E-state index contributed by atoms with van der Waals surface area (Å²) in [6, 6.07) is 3.51. The van der Waals surface area contributed by atoms with Crippen LogP contribution >= 0.6 is 11.6 Å². The van der Waals surface area contributed by atoms with E-state index in [2.05, 4.69) is 10.6 Å². The van der Waals surface area contributed by atoms with Crippen LogP contribution in [0.2, 0.25) is 5.02 Å². The number of carbonyl (C=O) groups is 1. The molecule has 0 aliphatic carbocycles. The van der Waals surface area contributed by atoms with Gasteiger partial charge in [-0.15, -0.1) is 0 Å². The Morgan fingerprint density at radius 1 is 1.33 bits per heavy atom. The fourth-order valence-electron chi connectivity index (χ4n) is 3.11. The smallest absolute Gasteiger partial charge is 0.248 e. The van der Waals surface area contributed by atoms with Gasteiger partial charge in [-0.2, -0.15) is 0 Å². The van der Waals surface area contributed by atoms with Gasteiger partial charge in [-0.05, 0) is 38.1 Å². The molecule has 0 unspecified atom stereocenters. The highest BCUT2D eigenvalue weighted by molar-refractivity contribution is 6.32. The second-order valence-electron chi connectivity index (χ2n) is 5.13.